The van der Waals surface area contributed by atoms with E-state index in [9.17, 15) is 28.8 Å². The Morgan fingerprint density at radius 3 is 1.19 bits per heavy atom. The molecule has 0 radical (unpaired) electrons. The average molecular weight is 657 g/mol. The molecule has 12 heteroatoms. The summed E-state index contributed by atoms with van der Waals surface area (Å²) in [5.41, 5.74) is 0.00171. The molecule has 0 heterocycles. The van der Waals surface area contributed by atoms with Crippen LogP contribution in [0.5, 0.6) is 0 Å². The third kappa shape index (κ3) is 33.5. The average Bonchev–Trinajstić information content (AvgIpc) is 3.04. The van der Waals surface area contributed by atoms with Crippen LogP contribution < -0.4 is 0 Å². The second-order valence-corrected chi connectivity index (χ2v) is 12.7. The summed E-state index contributed by atoms with van der Waals surface area (Å²) in [6.07, 6.45) is 27.5. The summed E-state index contributed by atoms with van der Waals surface area (Å²) >= 11 is 0. The van der Waals surface area contributed by atoms with Crippen molar-refractivity contribution in [2.75, 3.05) is 26.2 Å². The SMILES string of the molecule is CC(CCN=C=O)CC(C)(C)CN=C=O.O=C=NCCCCCCCCCCCC(N=C=O)C(CCCCCCCN=C=O)N=C=O. The zero-order valence-electron chi connectivity index (χ0n) is 28.9. The van der Waals surface area contributed by atoms with Crippen molar-refractivity contribution in [3.05, 3.63) is 0 Å². The Hall–Kier alpha value is -3.72. The van der Waals surface area contributed by atoms with Gasteiger partial charge < -0.3 is 0 Å². The maximum atomic E-state index is 10.9. The van der Waals surface area contributed by atoms with Crippen molar-refractivity contribution in [3.8, 4) is 0 Å². The molecule has 3 atom stereocenters. The maximum Gasteiger partial charge on any atom is 0.235 e. The summed E-state index contributed by atoms with van der Waals surface area (Å²) in [5, 5.41) is 0. The van der Waals surface area contributed by atoms with Crippen LogP contribution in [0.25, 0.3) is 0 Å². The van der Waals surface area contributed by atoms with Crippen LogP contribution >= 0.6 is 0 Å². The zero-order chi connectivity index (χ0) is 35.3. The fraction of sp³-hybridized carbons (Fsp3) is 0.829. The first-order valence-electron chi connectivity index (χ1n) is 17.1. The van der Waals surface area contributed by atoms with Crippen molar-refractivity contribution in [3.63, 3.8) is 0 Å². The minimum Gasteiger partial charge on any atom is -0.211 e. The van der Waals surface area contributed by atoms with E-state index >= 15 is 0 Å². The first-order chi connectivity index (χ1) is 22.8. The van der Waals surface area contributed by atoms with Crippen LogP contribution in [-0.4, -0.2) is 74.7 Å². The van der Waals surface area contributed by atoms with Gasteiger partial charge in [-0.2, -0.15) is 0 Å². The van der Waals surface area contributed by atoms with Gasteiger partial charge in [-0.25, -0.2) is 58.7 Å². The first kappa shape index (κ1) is 45.4. The maximum absolute atomic E-state index is 10.9. The van der Waals surface area contributed by atoms with Crippen molar-refractivity contribution in [1.82, 2.24) is 0 Å². The van der Waals surface area contributed by atoms with Gasteiger partial charge in [0.1, 0.15) is 0 Å². The van der Waals surface area contributed by atoms with E-state index in [0.717, 1.165) is 83.5 Å². The molecule has 3 unspecified atom stereocenters. The Morgan fingerprint density at radius 2 is 0.809 bits per heavy atom. The molecule has 0 aromatic rings. The molecule has 0 aromatic heterocycles. The lowest BCUT2D eigenvalue weighted by Crippen LogP contribution is -2.23. The van der Waals surface area contributed by atoms with Crippen LogP contribution in [-0.2, 0) is 28.8 Å². The lowest BCUT2D eigenvalue weighted by atomic mass is 9.82. The Balaban J connectivity index is 0. The number of rotatable bonds is 30. The zero-order valence-corrected chi connectivity index (χ0v) is 28.9. The highest BCUT2D eigenvalue weighted by Gasteiger charge is 2.21. The van der Waals surface area contributed by atoms with Crippen LogP contribution in [0.2, 0.25) is 0 Å². The minimum atomic E-state index is -0.308. The molecule has 47 heavy (non-hydrogen) atoms. The van der Waals surface area contributed by atoms with Gasteiger partial charge in [-0.3, -0.25) is 0 Å². The Morgan fingerprint density at radius 1 is 0.447 bits per heavy atom. The van der Waals surface area contributed by atoms with Crippen LogP contribution in [0.3, 0.4) is 0 Å². The Kier molecular flexibility index (Phi) is 33.9. The predicted molar refractivity (Wildman–Crippen MR) is 182 cm³/mol. The van der Waals surface area contributed by atoms with E-state index in [-0.39, 0.29) is 17.5 Å². The fourth-order valence-corrected chi connectivity index (χ4v) is 5.46. The lowest BCUT2D eigenvalue weighted by molar-refractivity contribution is 0.280. The van der Waals surface area contributed by atoms with Crippen LogP contribution in [0.1, 0.15) is 136 Å². The van der Waals surface area contributed by atoms with E-state index in [2.05, 4.69) is 50.7 Å². The Labute approximate surface area is 280 Å². The number of hydrogen-bond acceptors (Lipinski definition) is 12. The molecule has 12 nitrogen and oxygen atoms in total. The van der Waals surface area contributed by atoms with Gasteiger partial charge in [0.25, 0.3) is 0 Å². The summed E-state index contributed by atoms with van der Waals surface area (Å²) in [7, 11) is 0. The molecule has 0 aliphatic rings. The molecule has 0 aliphatic heterocycles. The number of unbranched alkanes of at least 4 members (excludes halogenated alkanes) is 12. The van der Waals surface area contributed by atoms with E-state index < -0.39 is 0 Å². The Bertz CT molecular complexity index is 1080. The topological polar surface area (TPSA) is 177 Å². The number of aliphatic imine (C=N–C) groups is 6. The van der Waals surface area contributed by atoms with Gasteiger partial charge >= 0.3 is 0 Å². The lowest BCUT2D eigenvalue weighted by Gasteiger charge is -2.25. The minimum absolute atomic E-state index is 0.00171. The molecule has 0 rings (SSSR count). The standard InChI is InChI=1S/C24H38N4O4.C11H18N2O2/c29-19-25-17-13-9-5-3-1-2-4-7-11-15-23(27-21-31)24(28-22-32)16-12-8-6-10-14-18-26-20-30;1-10(4-5-12-8-14)6-11(2,3)7-13-9-15/h23-24H,1-18H2;10H,4-7H2,1-3H3. The first-order valence-corrected chi connectivity index (χ1v) is 17.1. The highest BCUT2D eigenvalue weighted by molar-refractivity contribution is 5.36. The van der Waals surface area contributed by atoms with Crippen LogP contribution in [0, 0.1) is 11.3 Å². The fourth-order valence-electron chi connectivity index (χ4n) is 5.46. The van der Waals surface area contributed by atoms with Crippen LogP contribution in [0.15, 0.2) is 30.0 Å². The number of isocyanates is 6. The predicted octanol–water partition coefficient (Wildman–Crippen LogP) is 7.41. The number of carbonyl (C=O) groups excluding carboxylic acids is 6. The molecular formula is C35H56N6O6. The summed E-state index contributed by atoms with van der Waals surface area (Å²) in [6.45, 7) is 8.36. The summed E-state index contributed by atoms with van der Waals surface area (Å²) in [4.78, 5) is 83.6. The highest BCUT2D eigenvalue weighted by atomic mass is 16.1. The molecule has 0 saturated heterocycles. The van der Waals surface area contributed by atoms with Gasteiger partial charge in [0, 0.05) is 0 Å². The summed E-state index contributed by atoms with van der Waals surface area (Å²) in [6, 6.07) is -0.609. The van der Waals surface area contributed by atoms with Gasteiger partial charge in [-0.05, 0) is 49.9 Å². The van der Waals surface area contributed by atoms with E-state index in [1.807, 2.05) is 0 Å². The molecule has 0 spiro atoms. The third-order valence-corrected chi connectivity index (χ3v) is 7.82. The van der Waals surface area contributed by atoms with Gasteiger partial charge in [0.2, 0.25) is 36.5 Å². The quantitative estimate of drug-likeness (QED) is 0.0441. The smallest absolute Gasteiger partial charge is 0.211 e. The summed E-state index contributed by atoms with van der Waals surface area (Å²) < 4.78 is 0. The van der Waals surface area contributed by atoms with E-state index in [1.165, 1.54) is 37.8 Å². The molecule has 262 valence electrons. The van der Waals surface area contributed by atoms with E-state index in [0.29, 0.717) is 38.5 Å². The highest BCUT2D eigenvalue weighted by Crippen LogP contribution is 2.27. The molecule has 0 aromatic carbocycles. The molecular weight excluding hydrogens is 600 g/mol. The van der Waals surface area contributed by atoms with Crippen molar-refractivity contribution in [2.24, 2.45) is 41.3 Å². The molecule has 0 bridgehead atoms. The van der Waals surface area contributed by atoms with E-state index in [1.54, 1.807) is 24.3 Å². The van der Waals surface area contributed by atoms with Gasteiger partial charge in [0.15, 0.2) is 0 Å². The van der Waals surface area contributed by atoms with Crippen molar-refractivity contribution < 1.29 is 28.8 Å². The van der Waals surface area contributed by atoms with Crippen molar-refractivity contribution >= 4 is 36.5 Å². The van der Waals surface area contributed by atoms with Crippen LogP contribution in [0.4, 0.5) is 0 Å². The molecule has 0 saturated carbocycles. The summed E-state index contributed by atoms with van der Waals surface area (Å²) in [5.74, 6) is 0.457. The molecule has 0 amide bonds. The van der Waals surface area contributed by atoms with Crippen molar-refractivity contribution in [2.45, 2.75) is 148 Å². The third-order valence-electron chi connectivity index (χ3n) is 7.82. The second kappa shape index (κ2) is 35.1. The van der Waals surface area contributed by atoms with Gasteiger partial charge in [-0.1, -0.05) is 97.8 Å². The largest absolute Gasteiger partial charge is 0.235 e. The normalized spacial score (nSPS) is 12.1. The van der Waals surface area contributed by atoms with Gasteiger partial charge in [-0.15, -0.1) is 0 Å². The van der Waals surface area contributed by atoms with Gasteiger partial charge in [0.05, 0.1) is 38.3 Å². The second-order valence-electron chi connectivity index (χ2n) is 12.7. The molecule has 0 N–H and O–H groups in total. The molecule has 0 fully saturated rings. The number of nitrogens with zero attached hydrogens (tertiary/aromatic N) is 6. The van der Waals surface area contributed by atoms with Crippen molar-refractivity contribution in [1.29, 1.82) is 0 Å². The van der Waals surface area contributed by atoms with E-state index in [4.69, 9.17) is 0 Å². The monoisotopic (exact) mass is 656 g/mol. The number of hydrogen-bond donors (Lipinski definition) is 0. The molecule has 0 aliphatic carbocycles.